The minimum absolute atomic E-state index is 0.0339. The second-order valence-corrected chi connectivity index (χ2v) is 10.3. The Hall–Kier alpha value is -3.01. The molecule has 1 aliphatic heterocycles. The molecule has 34 heavy (non-hydrogen) atoms. The molecule has 0 bridgehead atoms. The van der Waals surface area contributed by atoms with Gasteiger partial charge >= 0.3 is 5.97 Å². The Morgan fingerprint density at radius 1 is 1.21 bits per heavy atom. The van der Waals surface area contributed by atoms with Crippen LogP contribution in [0.15, 0.2) is 58.2 Å². The van der Waals surface area contributed by atoms with Crippen molar-refractivity contribution in [1.29, 1.82) is 0 Å². The second-order valence-electron chi connectivity index (χ2n) is 8.34. The summed E-state index contributed by atoms with van der Waals surface area (Å²) in [6, 6.07) is 13.1. The highest BCUT2D eigenvalue weighted by atomic mass is 32.2. The first-order chi connectivity index (χ1) is 16.3. The first kappa shape index (κ1) is 24.1. The molecule has 8 nitrogen and oxygen atoms in total. The molecular formula is C25H28N2O6S. The van der Waals surface area contributed by atoms with Gasteiger partial charge in [0, 0.05) is 25.3 Å². The first-order valence-electron chi connectivity index (χ1n) is 11.3. The summed E-state index contributed by atoms with van der Waals surface area (Å²) < 4.78 is 39.2. The Morgan fingerprint density at radius 2 is 1.97 bits per heavy atom. The van der Waals surface area contributed by atoms with Gasteiger partial charge in [-0.05, 0) is 68.0 Å². The number of carbonyl (C=O) groups excluding carboxylic acids is 1. The first-order valence-corrected chi connectivity index (χ1v) is 12.7. The van der Waals surface area contributed by atoms with Crippen molar-refractivity contribution >= 4 is 26.9 Å². The lowest BCUT2D eigenvalue weighted by Crippen LogP contribution is -2.38. The van der Waals surface area contributed by atoms with E-state index < -0.39 is 16.0 Å². The number of pyridine rings is 1. The summed E-state index contributed by atoms with van der Waals surface area (Å²) in [5, 5.41) is 0.836. The summed E-state index contributed by atoms with van der Waals surface area (Å²) in [4.78, 5) is 27.7. The molecule has 9 heteroatoms. The standard InChI is InChI=1S/C25H28N2O6S/c1-3-32-25(29)18-9-11-22(12-10-18)34(30,31)27(16-21-8-5-13-33-21)15-20-14-19-7-4-6-17(2)23(19)26-24(20)28/h4,6-7,9-12,14,21H,3,5,8,13,15-16H2,1-2H3,(H,26,28)/t21-/m0/s1. The number of para-hydroxylation sites is 1. The number of benzene rings is 2. The van der Waals surface area contributed by atoms with Gasteiger partial charge in [-0.1, -0.05) is 18.2 Å². The van der Waals surface area contributed by atoms with Gasteiger partial charge in [0.05, 0.1) is 28.7 Å². The number of hydrogen-bond donors (Lipinski definition) is 1. The van der Waals surface area contributed by atoms with E-state index in [0.717, 1.165) is 29.3 Å². The van der Waals surface area contributed by atoms with Crippen LogP contribution in [0.25, 0.3) is 10.9 Å². The summed E-state index contributed by atoms with van der Waals surface area (Å²) in [5.74, 6) is -0.513. The number of fused-ring (bicyclic) bond motifs is 1. The lowest BCUT2D eigenvalue weighted by molar-refractivity contribution is 0.0526. The summed E-state index contributed by atoms with van der Waals surface area (Å²) in [6.45, 7) is 4.46. The lowest BCUT2D eigenvalue weighted by atomic mass is 10.1. The zero-order chi connectivity index (χ0) is 24.3. The number of aromatic nitrogens is 1. The van der Waals surface area contributed by atoms with E-state index in [2.05, 4.69) is 4.98 Å². The highest BCUT2D eigenvalue weighted by Crippen LogP contribution is 2.23. The predicted octanol–water partition coefficient (Wildman–Crippen LogP) is 3.38. The van der Waals surface area contributed by atoms with Crippen LogP contribution in [0.5, 0.6) is 0 Å². The maximum absolute atomic E-state index is 13.6. The normalized spacial score (nSPS) is 16.3. The van der Waals surface area contributed by atoms with E-state index in [1.807, 2.05) is 25.1 Å². The topological polar surface area (TPSA) is 106 Å². The minimum atomic E-state index is -3.97. The van der Waals surface area contributed by atoms with Gasteiger partial charge in [0.2, 0.25) is 10.0 Å². The van der Waals surface area contributed by atoms with Gasteiger partial charge < -0.3 is 14.5 Å². The zero-order valence-electron chi connectivity index (χ0n) is 19.2. The quantitative estimate of drug-likeness (QED) is 0.492. The average molecular weight is 485 g/mol. The van der Waals surface area contributed by atoms with Gasteiger partial charge in [-0.3, -0.25) is 4.79 Å². The van der Waals surface area contributed by atoms with Crippen molar-refractivity contribution in [2.75, 3.05) is 19.8 Å². The number of hydrogen-bond acceptors (Lipinski definition) is 6. The maximum atomic E-state index is 13.6. The molecule has 1 saturated heterocycles. The summed E-state index contributed by atoms with van der Waals surface area (Å²) in [5.41, 5.74) is 1.97. The number of rotatable bonds is 8. The molecule has 180 valence electrons. The van der Waals surface area contributed by atoms with Crippen molar-refractivity contribution in [3.05, 3.63) is 75.6 Å². The molecule has 1 N–H and O–H groups in total. The SMILES string of the molecule is CCOC(=O)c1ccc(S(=O)(=O)N(Cc2cc3cccc(C)c3[nH]c2=O)C[C@@H]2CCCO2)cc1. The molecule has 0 radical (unpaired) electrons. The number of nitrogens with zero attached hydrogens (tertiary/aromatic N) is 1. The van der Waals surface area contributed by atoms with Crippen LogP contribution in [0.4, 0.5) is 0 Å². The molecule has 0 aliphatic carbocycles. The zero-order valence-corrected chi connectivity index (χ0v) is 20.1. The van der Waals surface area contributed by atoms with Crippen LogP contribution in [-0.4, -0.2) is 49.5 Å². The fourth-order valence-corrected chi connectivity index (χ4v) is 5.58. The molecule has 2 heterocycles. The molecule has 0 unspecified atom stereocenters. The van der Waals surface area contributed by atoms with Crippen molar-refractivity contribution in [1.82, 2.24) is 9.29 Å². The number of aryl methyl sites for hydroxylation is 1. The minimum Gasteiger partial charge on any atom is -0.462 e. The predicted molar refractivity (Wildman–Crippen MR) is 128 cm³/mol. The molecule has 1 aromatic heterocycles. The Balaban J connectivity index is 1.68. The van der Waals surface area contributed by atoms with E-state index >= 15 is 0 Å². The van der Waals surface area contributed by atoms with Gasteiger partial charge in [-0.15, -0.1) is 0 Å². The Labute approximate surface area is 198 Å². The third kappa shape index (κ3) is 5.06. The molecule has 1 atom stereocenters. The molecule has 3 aromatic rings. The van der Waals surface area contributed by atoms with Gasteiger partial charge in [0.1, 0.15) is 0 Å². The lowest BCUT2D eigenvalue weighted by Gasteiger charge is -2.25. The second kappa shape index (κ2) is 10.1. The molecule has 0 spiro atoms. The van der Waals surface area contributed by atoms with Crippen molar-refractivity contribution in [2.45, 2.75) is 44.2 Å². The number of aromatic amines is 1. The fraction of sp³-hybridized carbons (Fsp3) is 0.360. The average Bonchev–Trinajstić information content (AvgIpc) is 3.33. The third-order valence-corrected chi connectivity index (χ3v) is 7.77. The number of sulfonamides is 1. The molecule has 0 amide bonds. The number of H-pyrrole nitrogens is 1. The number of nitrogens with one attached hydrogen (secondary N) is 1. The van der Waals surface area contributed by atoms with E-state index in [-0.39, 0.29) is 41.8 Å². The van der Waals surface area contributed by atoms with Crippen molar-refractivity contribution in [2.24, 2.45) is 0 Å². The van der Waals surface area contributed by atoms with Gasteiger partial charge in [0.25, 0.3) is 5.56 Å². The molecule has 0 saturated carbocycles. The number of ether oxygens (including phenoxy) is 2. The highest BCUT2D eigenvalue weighted by Gasteiger charge is 2.30. The largest absolute Gasteiger partial charge is 0.462 e. The van der Waals surface area contributed by atoms with Gasteiger partial charge in [0.15, 0.2) is 0 Å². The molecule has 1 aliphatic rings. The Morgan fingerprint density at radius 3 is 2.65 bits per heavy atom. The van der Waals surface area contributed by atoms with E-state index in [1.165, 1.54) is 28.6 Å². The molecule has 1 fully saturated rings. The van der Waals surface area contributed by atoms with Crippen LogP contribution in [0.3, 0.4) is 0 Å². The van der Waals surface area contributed by atoms with Crippen molar-refractivity contribution < 1.29 is 22.7 Å². The van der Waals surface area contributed by atoms with Crippen LogP contribution >= 0.6 is 0 Å². The third-order valence-electron chi connectivity index (χ3n) is 5.95. The summed E-state index contributed by atoms with van der Waals surface area (Å²) in [7, 11) is -3.97. The molecular weight excluding hydrogens is 456 g/mol. The number of esters is 1. The van der Waals surface area contributed by atoms with Crippen LogP contribution < -0.4 is 5.56 Å². The summed E-state index contributed by atoms with van der Waals surface area (Å²) in [6.07, 6.45) is 1.37. The monoisotopic (exact) mass is 484 g/mol. The Kier molecular flexibility index (Phi) is 7.16. The van der Waals surface area contributed by atoms with Crippen LogP contribution in [0, 0.1) is 6.92 Å². The summed E-state index contributed by atoms with van der Waals surface area (Å²) >= 11 is 0. The van der Waals surface area contributed by atoms with Crippen molar-refractivity contribution in [3.63, 3.8) is 0 Å². The van der Waals surface area contributed by atoms with E-state index in [4.69, 9.17) is 9.47 Å². The molecule has 4 rings (SSSR count). The van der Waals surface area contributed by atoms with E-state index in [0.29, 0.717) is 12.2 Å². The van der Waals surface area contributed by atoms with E-state index in [1.54, 1.807) is 13.0 Å². The van der Waals surface area contributed by atoms with Crippen molar-refractivity contribution in [3.8, 4) is 0 Å². The maximum Gasteiger partial charge on any atom is 0.338 e. The van der Waals surface area contributed by atoms with Crippen LogP contribution in [-0.2, 0) is 26.0 Å². The fourth-order valence-electron chi connectivity index (χ4n) is 4.13. The van der Waals surface area contributed by atoms with Crippen LogP contribution in [0.1, 0.15) is 41.3 Å². The van der Waals surface area contributed by atoms with Crippen LogP contribution in [0.2, 0.25) is 0 Å². The Bertz CT molecular complexity index is 1340. The highest BCUT2D eigenvalue weighted by molar-refractivity contribution is 7.89. The smallest absolute Gasteiger partial charge is 0.338 e. The molecule has 2 aromatic carbocycles. The van der Waals surface area contributed by atoms with E-state index in [9.17, 15) is 18.0 Å². The van der Waals surface area contributed by atoms with Gasteiger partial charge in [-0.25, -0.2) is 13.2 Å². The van der Waals surface area contributed by atoms with Gasteiger partial charge in [-0.2, -0.15) is 4.31 Å². The number of carbonyl (C=O) groups is 1.